The fraction of sp³-hybridized carbons (Fsp3) is 0.167. The summed E-state index contributed by atoms with van der Waals surface area (Å²) >= 11 is 3.35. The van der Waals surface area contributed by atoms with Crippen LogP contribution in [-0.2, 0) is 0 Å². The molecule has 0 bridgehead atoms. The largest absolute Gasteiger partial charge is 0.478 e. The van der Waals surface area contributed by atoms with Crippen LogP contribution >= 0.6 is 15.9 Å². The topological polar surface area (TPSA) is 55.1 Å². The summed E-state index contributed by atoms with van der Waals surface area (Å²) in [6.45, 7) is 3.56. The molecule has 0 aliphatic carbocycles. The predicted molar refractivity (Wildman–Crippen MR) is 67.7 cm³/mol. The highest BCUT2D eigenvalue weighted by molar-refractivity contribution is 9.10. The van der Waals surface area contributed by atoms with Crippen LogP contribution in [-0.4, -0.2) is 20.9 Å². The van der Waals surface area contributed by atoms with Gasteiger partial charge in [-0.15, -0.1) is 0 Å². The second-order valence-corrected chi connectivity index (χ2v) is 4.63. The smallest absolute Gasteiger partial charge is 0.340 e. The van der Waals surface area contributed by atoms with Gasteiger partial charge in [-0.3, -0.25) is 0 Å². The highest BCUT2D eigenvalue weighted by Crippen LogP contribution is 2.25. The van der Waals surface area contributed by atoms with Crippen LogP contribution < -0.4 is 0 Å². The molecule has 0 radical (unpaired) electrons. The Hall–Kier alpha value is -1.69. The average molecular weight is 313 g/mol. The Morgan fingerprint density at radius 3 is 2.61 bits per heavy atom. The van der Waals surface area contributed by atoms with Gasteiger partial charge in [0.15, 0.2) is 0 Å². The molecule has 1 N–H and O–H groups in total. The quantitative estimate of drug-likeness (QED) is 0.927. The van der Waals surface area contributed by atoms with E-state index in [2.05, 4.69) is 21.0 Å². The van der Waals surface area contributed by atoms with Crippen molar-refractivity contribution >= 4 is 21.9 Å². The Labute approximate surface area is 111 Å². The van der Waals surface area contributed by atoms with Crippen LogP contribution in [0, 0.1) is 19.7 Å². The molecule has 0 aliphatic rings. The Morgan fingerprint density at radius 1 is 1.44 bits per heavy atom. The fourth-order valence-corrected chi connectivity index (χ4v) is 2.01. The van der Waals surface area contributed by atoms with E-state index in [4.69, 9.17) is 5.11 Å². The van der Waals surface area contributed by atoms with Crippen molar-refractivity contribution in [1.82, 2.24) is 9.78 Å². The Bertz CT molecular complexity index is 637. The molecule has 94 valence electrons. The van der Waals surface area contributed by atoms with E-state index in [1.165, 1.54) is 16.8 Å². The first kappa shape index (κ1) is 12.8. The third-order valence-electron chi connectivity index (χ3n) is 2.64. The summed E-state index contributed by atoms with van der Waals surface area (Å²) in [5, 5.41) is 13.3. The minimum Gasteiger partial charge on any atom is -0.478 e. The molecule has 0 saturated carbocycles. The normalized spacial score (nSPS) is 10.7. The van der Waals surface area contributed by atoms with Crippen molar-refractivity contribution in [1.29, 1.82) is 0 Å². The molecule has 2 rings (SSSR count). The van der Waals surface area contributed by atoms with Crippen molar-refractivity contribution in [3.8, 4) is 5.69 Å². The average Bonchev–Trinajstić information content (AvgIpc) is 2.56. The monoisotopic (exact) mass is 312 g/mol. The van der Waals surface area contributed by atoms with E-state index in [1.807, 2.05) is 0 Å². The second kappa shape index (κ2) is 4.53. The molecule has 2 aromatic rings. The maximum absolute atomic E-state index is 13.6. The third-order valence-corrected chi connectivity index (χ3v) is 3.78. The van der Waals surface area contributed by atoms with Crippen LogP contribution in [0.3, 0.4) is 0 Å². The van der Waals surface area contributed by atoms with Crippen LogP contribution in [0.15, 0.2) is 22.7 Å². The number of aromatic nitrogens is 2. The number of hydrogen-bond acceptors (Lipinski definition) is 2. The maximum atomic E-state index is 13.6. The molecule has 0 amide bonds. The van der Waals surface area contributed by atoms with E-state index in [0.29, 0.717) is 5.69 Å². The number of nitrogens with zero attached hydrogens (tertiary/aromatic N) is 2. The van der Waals surface area contributed by atoms with Gasteiger partial charge >= 0.3 is 5.97 Å². The van der Waals surface area contributed by atoms with Crippen LogP contribution in [0.2, 0.25) is 0 Å². The van der Waals surface area contributed by atoms with Gasteiger partial charge in [0.1, 0.15) is 11.4 Å². The van der Waals surface area contributed by atoms with Crippen LogP contribution in [0.4, 0.5) is 4.39 Å². The van der Waals surface area contributed by atoms with Gasteiger partial charge in [-0.05, 0) is 41.9 Å². The zero-order valence-electron chi connectivity index (χ0n) is 9.74. The van der Waals surface area contributed by atoms with E-state index < -0.39 is 11.8 Å². The van der Waals surface area contributed by atoms with E-state index in [-0.39, 0.29) is 11.3 Å². The molecule has 0 saturated heterocycles. The predicted octanol–water partition coefficient (Wildman–Crippen LogP) is 3.09. The molecule has 0 atom stereocenters. The Morgan fingerprint density at radius 2 is 2.11 bits per heavy atom. The summed E-state index contributed by atoms with van der Waals surface area (Å²) in [5.41, 5.74) is 1.28. The van der Waals surface area contributed by atoms with Crippen molar-refractivity contribution in [2.24, 2.45) is 0 Å². The van der Waals surface area contributed by atoms with Gasteiger partial charge in [0.05, 0.1) is 21.5 Å². The van der Waals surface area contributed by atoms with Crippen molar-refractivity contribution in [3.63, 3.8) is 0 Å². The SMILES string of the molecule is Cc1nn(-c2cccc(F)c2C(=O)O)c(C)c1Br. The minimum absolute atomic E-state index is 0.216. The van der Waals surface area contributed by atoms with Crippen LogP contribution in [0.25, 0.3) is 5.69 Å². The molecule has 1 aromatic heterocycles. The molecule has 0 aliphatic heterocycles. The number of halogens is 2. The fourth-order valence-electron chi connectivity index (χ4n) is 1.76. The van der Waals surface area contributed by atoms with E-state index >= 15 is 0 Å². The van der Waals surface area contributed by atoms with E-state index in [9.17, 15) is 9.18 Å². The number of rotatable bonds is 2. The molecular weight excluding hydrogens is 303 g/mol. The summed E-state index contributed by atoms with van der Waals surface area (Å²) in [4.78, 5) is 11.1. The number of aromatic carboxylic acids is 1. The second-order valence-electron chi connectivity index (χ2n) is 3.84. The van der Waals surface area contributed by atoms with Gasteiger partial charge < -0.3 is 5.11 Å². The molecule has 4 nitrogen and oxygen atoms in total. The molecule has 1 aromatic carbocycles. The standard InChI is InChI=1S/C12H10BrFN2O2/c1-6-11(13)7(2)16(15-6)9-5-3-4-8(14)10(9)12(17)18/h3-5H,1-2H3,(H,17,18). The lowest BCUT2D eigenvalue weighted by Crippen LogP contribution is -2.10. The summed E-state index contributed by atoms with van der Waals surface area (Å²) in [5.74, 6) is -2.09. The Kier molecular flexibility index (Phi) is 3.21. The molecular formula is C12H10BrFN2O2. The molecule has 18 heavy (non-hydrogen) atoms. The first-order valence-corrected chi connectivity index (χ1v) is 5.96. The lowest BCUT2D eigenvalue weighted by atomic mass is 10.1. The van der Waals surface area contributed by atoms with Gasteiger partial charge in [0.25, 0.3) is 0 Å². The summed E-state index contributed by atoms with van der Waals surface area (Å²) in [7, 11) is 0. The number of hydrogen-bond donors (Lipinski definition) is 1. The van der Waals surface area contributed by atoms with E-state index in [1.54, 1.807) is 13.8 Å². The highest BCUT2D eigenvalue weighted by Gasteiger charge is 2.20. The highest BCUT2D eigenvalue weighted by atomic mass is 79.9. The zero-order chi connectivity index (χ0) is 13.4. The summed E-state index contributed by atoms with van der Waals surface area (Å²) < 4.78 is 15.8. The first-order valence-electron chi connectivity index (χ1n) is 5.17. The van der Waals surface area contributed by atoms with Gasteiger partial charge in [-0.2, -0.15) is 5.10 Å². The Balaban J connectivity index is 2.75. The third kappa shape index (κ3) is 1.92. The van der Waals surface area contributed by atoms with Crippen molar-refractivity contribution in [2.75, 3.05) is 0 Å². The van der Waals surface area contributed by atoms with Gasteiger partial charge in [0.2, 0.25) is 0 Å². The molecule has 0 unspecified atom stereocenters. The lowest BCUT2D eigenvalue weighted by Gasteiger charge is -2.08. The summed E-state index contributed by atoms with van der Waals surface area (Å²) in [6, 6.07) is 4.10. The molecule has 1 heterocycles. The number of carboxylic acid groups (broad SMARTS) is 1. The first-order chi connectivity index (χ1) is 8.43. The minimum atomic E-state index is -1.31. The van der Waals surface area contributed by atoms with Gasteiger partial charge in [-0.25, -0.2) is 13.9 Å². The van der Waals surface area contributed by atoms with Crippen molar-refractivity contribution < 1.29 is 14.3 Å². The number of benzene rings is 1. The van der Waals surface area contributed by atoms with E-state index in [0.717, 1.165) is 16.2 Å². The maximum Gasteiger partial charge on any atom is 0.340 e. The zero-order valence-corrected chi connectivity index (χ0v) is 11.3. The summed E-state index contributed by atoms with van der Waals surface area (Å²) in [6.07, 6.45) is 0. The number of aryl methyl sites for hydroxylation is 1. The number of carboxylic acids is 1. The van der Waals surface area contributed by atoms with Crippen molar-refractivity contribution in [3.05, 3.63) is 45.4 Å². The number of carbonyl (C=O) groups is 1. The van der Waals surface area contributed by atoms with Gasteiger partial charge in [-0.1, -0.05) is 6.07 Å². The molecule has 0 spiro atoms. The van der Waals surface area contributed by atoms with Crippen LogP contribution in [0.1, 0.15) is 21.7 Å². The lowest BCUT2D eigenvalue weighted by molar-refractivity contribution is 0.0691. The van der Waals surface area contributed by atoms with Crippen molar-refractivity contribution in [2.45, 2.75) is 13.8 Å². The van der Waals surface area contributed by atoms with Gasteiger partial charge in [0, 0.05) is 0 Å². The molecule has 6 heteroatoms. The van der Waals surface area contributed by atoms with Crippen LogP contribution in [0.5, 0.6) is 0 Å². The molecule has 0 fully saturated rings.